The molecule has 0 aliphatic heterocycles. The van der Waals surface area contributed by atoms with Crippen molar-refractivity contribution in [1.29, 1.82) is 0 Å². The summed E-state index contributed by atoms with van der Waals surface area (Å²) in [6.07, 6.45) is 1.91. The molecule has 2 nitrogen and oxygen atoms in total. The molecule has 0 amide bonds. The predicted molar refractivity (Wildman–Crippen MR) is 56.1 cm³/mol. The van der Waals surface area contributed by atoms with Gasteiger partial charge in [0, 0.05) is 0 Å². The molecule has 0 aromatic carbocycles. The summed E-state index contributed by atoms with van der Waals surface area (Å²) in [4.78, 5) is 0. The quantitative estimate of drug-likeness (QED) is 0.714. The van der Waals surface area contributed by atoms with Crippen molar-refractivity contribution in [2.24, 2.45) is 11.5 Å². The van der Waals surface area contributed by atoms with E-state index in [0.29, 0.717) is 0 Å². The molecule has 0 bridgehead atoms. The molecular weight excluding hydrogens is 218 g/mol. The van der Waals surface area contributed by atoms with Crippen LogP contribution in [0.3, 0.4) is 0 Å². The van der Waals surface area contributed by atoms with Crippen molar-refractivity contribution in [3.05, 3.63) is 0 Å². The minimum Gasteiger partial charge on any atom is -0.316 e. The van der Waals surface area contributed by atoms with Crippen LogP contribution in [-0.2, 0) is 0 Å². The van der Waals surface area contributed by atoms with Gasteiger partial charge in [-0.3, -0.25) is 0 Å². The average Bonchev–Trinajstić information content (AvgIpc) is 1.35. The Hall–Kier alpha value is 1.08. The topological polar surface area (TPSA) is 52.0 Å². The third-order valence-electron chi connectivity index (χ3n) is 0.622. The molecule has 70 valence electrons. The first-order valence-electron chi connectivity index (χ1n) is 2.28. The van der Waals surface area contributed by atoms with Gasteiger partial charge in [-0.25, -0.2) is 0 Å². The number of halogens is 4. The van der Waals surface area contributed by atoms with Gasteiger partial charge in [0.1, 0.15) is 0 Å². The van der Waals surface area contributed by atoms with Crippen LogP contribution in [0.15, 0.2) is 0 Å². The minimum absolute atomic E-state index is 0. The number of hydrogen-bond acceptors (Lipinski definition) is 2. The molecule has 0 heterocycles. The molecule has 6 heteroatoms. The third kappa shape index (κ3) is 35.6. The molecule has 0 saturated heterocycles. The Morgan fingerprint density at radius 3 is 1.30 bits per heavy atom. The summed E-state index contributed by atoms with van der Waals surface area (Å²) < 4.78 is 0. The zero-order chi connectivity index (χ0) is 4.99. The Morgan fingerprint density at radius 2 is 1.30 bits per heavy atom. The molecule has 4 N–H and O–H groups in total. The summed E-state index contributed by atoms with van der Waals surface area (Å²) in [5.74, 6) is 0. The minimum atomic E-state index is -0.102. The number of hydrogen-bond donors (Lipinski definition) is 2. The molecule has 0 aromatic heterocycles. The molecule has 0 aromatic rings. The maximum absolute atomic E-state index is 5.18. The largest absolute Gasteiger partial charge is 0.316 e. The number of nitrogens with two attached hydrogens (primary N) is 2. The maximum atomic E-state index is 5.18. The lowest BCUT2D eigenvalue weighted by molar-refractivity contribution is 0.627. The fourth-order valence-electron chi connectivity index (χ4n) is 0.333. The first-order chi connectivity index (χ1) is 2.77. The summed E-state index contributed by atoms with van der Waals surface area (Å²) in [6.45, 7) is 2.06. The van der Waals surface area contributed by atoms with Gasteiger partial charge in [0.15, 0.2) is 0 Å². The predicted octanol–water partition coefficient (Wildman–Crippen LogP) is 1.72. The van der Waals surface area contributed by atoms with Crippen molar-refractivity contribution in [3.8, 4) is 0 Å². The molecule has 0 saturated carbocycles. The van der Waals surface area contributed by atoms with Gasteiger partial charge >= 0.3 is 0 Å². The van der Waals surface area contributed by atoms with Crippen molar-refractivity contribution in [3.63, 3.8) is 0 Å². The molecular formula is C4H16Cl4N2. The SMILES string of the molecule is CCCC(N)N.Cl.Cl.Cl.Cl. The fraction of sp³-hybridized carbons (Fsp3) is 1.00. The number of rotatable bonds is 2. The molecule has 0 unspecified atom stereocenters. The highest BCUT2D eigenvalue weighted by molar-refractivity contribution is 5.86. The van der Waals surface area contributed by atoms with Crippen LogP contribution in [0.4, 0.5) is 0 Å². The maximum Gasteiger partial charge on any atom is 0.0520 e. The lowest BCUT2D eigenvalue weighted by atomic mass is 10.3. The van der Waals surface area contributed by atoms with E-state index in [1.807, 2.05) is 0 Å². The molecule has 0 atom stereocenters. The van der Waals surface area contributed by atoms with Crippen LogP contribution in [0.25, 0.3) is 0 Å². The van der Waals surface area contributed by atoms with Crippen LogP contribution in [0.2, 0.25) is 0 Å². The third-order valence-corrected chi connectivity index (χ3v) is 0.622. The van der Waals surface area contributed by atoms with Crippen LogP contribution in [0.5, 0.6) is 0 Å². The lowest BCUT2D eigenvalue weighted by Crippen LogP contribution is -2.29. The van der Waals surface area contributed by atoms with Crippen LogP contribution in [-0.4, -0.2) is 6.17 Å². The Morgan fingerprint density at radius 1 is 1.00 bits per heavy atom. The van der Waals surface area contributed by atoms with Gasteiger partial charge in [0.25, 0.3) is 0 Å². The summed E-state index contributed by atoms with van der Waals surface area (Å²) in [5.41, 5.74) is 10.4. The van der Waals surface area contributed by atoms with Crippen molar-refractivity contribution in [2.75, 3.05) is 0 Å². The van der Waals surface area contributed by atoms with Crippen LogP contribution in [0, 0.1) is 0 Å². The normalized spacial score (nSPS) is 6.00. The molecule has 0 radical (unpaired) electrons. The summed E-state index contributed by atoms with van der Waals surface area (Å²) >= 11 is 0. The smallest absolute Gasteiger partial charge is 0.0520 e. The lowest BCUT2D eigenvalue weighted by Gasteiger charge is -1.97. The van der Waals surface area contributed by atoms with Crippen molar-refractivity contribution < 1.29 is 0 Å². The van der Waals surface area contributed by atoms with E-state index in [1.54, 1.807) is 0 Å². The Labute approximate surface area is 87.1 Å². The van der Waals surface area contributed by atoms with Crippen LogP contribution < -0.4 is 11.5 Å². The van der Waals surface area contributed by atoms with Crippen LogP contribution >= 0.6 is 49.6 Å². The average molecular weight is 234 g/mol. The Bertz CT molecular complexity index is 36.4. The highest BCUT2D eigenvalue weighted by atomic mass is 35.5. The van der Waals surface area contributed by atoms with Gasteiger partial charge in [-0.15, -0.1) is 49.6 Å². The van der Waals surface area contributed by atoms with E-state index in [9.17, 15) is 0 Å². The van der Waals surface area contributed by atoms with Gasteiger partial charge < -0.3 is 11.5 Å². The van der Waals surface area contributed by atoms with Gasteiger partial charge in [-0.05, 0) is 6.42 Å². The second kappa shape index (κ2) is 22.5. The molecule has 0 aliphatic carbocycles. The van der Waals surface area contributed by atoms with Gasteiger partial charge in [-0.2, -0.15) is 0 Å². The summed E-state index contributed by atoms with van der Waals surface area (Å²) in [7, 11) is 0. The first-order valence-corrected chi connectivity index (χ1v) is 2.28. The van der Waals surface area contributed by atoms with Crippen molar-refractivity contribution in [1.82, 2.24) is 0 Å². The van der Waals surface area contributed by atoms with Gasteiger partial charge in [0.05, 0.1) is 6.17 Å². The standard InChI is InChI=1S/C4H12N2.4ClH/c1-2-3-4(5)6;;;;/h4H,2-3,5-6H2,1H3;4*1H. The highest BCUT2D eigenvalue weighted by Crippen LogP contribution is 1.82. The zero-order valence-corrected chi connectivity index (χ0v) is 9.05. The van der Waals surface area contributed by atoms with E-state index in [2.05, 4.69) is 6.92 Å². The molecule has 0 aliphatic rings. The van der Waals surface area contributed by atoms with Crippen molar-refractivity contribution in [2.45, 2.75) is 25.9 Å². The first kappa shape index (κ1) is 30.5. The monoisotopic (exact) mass is 232 g/mol. The van der Waals surface area contributed by atoms with Crippen LogP contribution in [0.1, 0.15) is 19.8 Å². The summed E-state index contributed by atoms with van der Waals surface area (Å²) in [5, 5.41) is 0. The second-order valence-corrected chi connectivity index (χ2v) is 1.45. The van der Waals surface area contributed by atoms with E-state index in [4.69, 9.17) is 11.5 Å². The van der Waals surface area contributed by atoms with E-state index in [0.717, 1.165) is 12.8 Å². The molecule has 0 fully saturated rings. The Balaban J connectivity index is -0.0000000208. The molecule has 10 heavy (non-hydrogen) atoms. The summed E-state index contributed by atoms with van der Waals surface area (Å²) in [6, 6.07) is 0. The fourth-order valence-corrected chi connectivity index (χ4v) is 0.333. The van der Waals surface area contributed by atoms with E-state index in [1.165, 1.54) is 0 Å². The van der Waals surface area contributed by atoms with E-state index < -0.39 is 0 Å². The van der Waals surface area contributed by atoms with E-state index in [-0.39, 0.29) is 55.8 Å². The van der Waals surface area contributed by atoms with Crippen molar-refractivity contribution >= 4 is 49.6 Å². The van der Waals surface area contributed by atoms with E-state index >= 15 is 0 Å². The molecule has 0 rings (SSSR count). The second-order valence-electron chi connectivity index (χ2n) is 1.45. The molecule has 0 spiro atoms. The Kier molecular flexibility index (Phi) is 68.5. The highest BCUT2D eigenvalue weighted by Gasteiger charge is 1.85. The van der Waals surface area contributed by atoms with Gasteiger partial charge in [-0.1, -0.05) is 13.3 Å². The zero-order valence-electron chi connectivity index (χ0n) is 5.78. The van der Waals surface area contributed by atoms with Gasteiger partial charge in [0.2, 0.25) is 0 Å².